The molecule has 1 rings (SSSR count). The van der Waals surface area contributed by atoms with E-state index in [9.17, 15) is 4.79 Å². The highest BCUT2D eigenvalue weighted by atomic mass is 16.2. The third-order valence-electron chi connectivity index (χ3n) is 3.35. The normalized spacial score (nSPS) is 12.9. The average Bonchev–Trinajstić information content (AvgIpc) is 2.37. The number of urea groups is 1. The second kappa shape index (κ2) is 6.57. The number of benzene rings is 1. The molecule has 1 aromatic rings. The van der Waals surface area contributed by atoms with Crippen LogP contribution in [0.4, 0.5) is 10.5 Å². The van der Waals surface area contributed by atoms with Crippen LogP contribution in [0.3, 0.4) is 0 Å². The second-order valence-electron chi connectivity index (χ2n) is 5.74. The Kier molecular flexibility index (Phi) is 5.36. The molecule has 4 heteroatoms. The topological polar surface area (TPSA) is 67.2 Å². The molecule has 0 aromatic heterocycles. The molecule has 4 nitrogen and oxygen atoms in total. The van der Waals surface area contributed by atoms with Crippen LogP contribution in [-0.4, -0.2) is 12.6 Å². The standard InChI is InChI=1S/C15H25N3O/c1-5-15(3,4)10-17-14(19)18-13-8-6-7-12(9-13)11(2)16/h6-9,11H,5,10,16H2,1-4H3,(H2,17,18,19). The lowest BCUT2D eigenvalue weighted by molar-refractivity contribution is 0.244. The Bertz CT molecular complexity index is 427. The van der Waals surface area contributed by atoms with Gasteiger partial charge in [0.2, 0.25) is 0 Å². The lowest BCUT2D eigenvalue weighted by Gasteiger charge is -2.23. The highest BCUT2D eigenvalue weighted by Gasteiger charge is 2.16. The lowest BCUT2D eigenvalue weighted by Crippen LogP contribution is -2.36. The number of carbonyl (C=O) groups is 1. The van der Waals surface area contributed by atoms with Gasteiger partial charge in [-0.25, -0.2) is 4.79 Å². The third kappa shape index (κ3) is 5.30. The van der Waals surface area contributed by atoms with Crippen molar-refractivity contribution >= 4 is 11.7 Å². The van der Waals surface area contributed by atoms with Gasteiger partial charge in [0.1, 0.15) is 0 Å². The molecule has 1 aromatic carbocycles. The van der Waals surface area contributed by atoms with Crippen molar-refractivity contribution in [3.05, 3.63) is 29.8 Å². The minimum absolute atomic E-state index is 0.0381. The smallest absolute Gasteiger partial charge is 0.319 e. The van der Waals surface area contributed by atoms with Crippen LogP contribution < -0.4 is 16.4 Å². The summed E-state index contributed by atoms with van der Waals surface area (Å²) in [6, 6.07) is 7.39. The van der Waals surface area contributed by atoms with Gasteiger partial charge in [-0.05, 0) is 36.5 Å². The van der Waals surface area contributed by atoms with Gasteiger partial charge >= 0.3 is 6.03 Å². The number of carbonyl (C=O) groups excluding carboxylic acids is 1. The van der Waals surface area contributed by atoms with Crippen molar-refractivity contribution in [1.82, 2.24) is 5.32 Å². The summed E-state index contributed by atoms with van der Waals surface area (Å²) >= 11 is 0. The first-order valence-corrected chi connectivity index (χ1v) is 6.74. The van der Waals surface area contributed by atoms with Crippen LogP contribution in [0.25, 0.3) is 0 Å². The number of nitrogens with one attached hydrogen (secondary N) is 2. The van der Waals surface area contributed by atoms with E-state index >= 15 is 0 Å². The monoisotopic (exact) mass is 263 g/mol. The van der Waals surface area contributed by atoms with E-state index in [-0.39, 0.29) is 17.5 Å². The first kappa shape index (κ1) is 15.5. The Morgan fingerprint density at radius 3 is 2.68 bits per heavy atom. The van der Waals surface area contributed by atoms with Crippen LogP contribution in [0.15, 0.2) is 24.3 Å². The minimum atomic E-state index is -0.177. The summed E-state index contributed by atoms with van der Waals surface area (Å²) in [4.78, 5) is 11.8. The number of nitrogens with two attached hydrogens (primary N) is 1. The summed E-state index contributed by atoms with van der Waals surface area (Å²) in [6.45, 7) is 8.95. The van der Waals surface area contributed by atoms with E-state index in [0.29, 0.717) is 6.54 Å². The van der Waals surface area contributed by atoms with E-state index in [2.05, 4.69) is 31.4 Å². The molecule has 106 valence electrons. The first-order valence-electron chi connectivity index (χ1n) is 6.74. The van der Waals surface area contributed by atoms with Gasteiger partial charge in [0, 0.05) is 18.3 Å². The maximum atomic E-state index is 11.8. The van der Waals surface area contributed by atoms with Crippen LogP contribution in [0.1, 0.15) is 45.7 Å². The number of hydrogen-bond donors (Lipinski definition) is 3. The van der Waals surface area contributed by atoms with E-state index < -0.39 is 0 Å². The Balaban J connectivity index is 2.55. The first-order chi connectivity index (χ1) is 8.84. The SMILES string of the molecule is CCC(C)(C)CNC(=O)Nc1cccc(C(C)N)c1. The molecule has 0 fully saturated rings. The second-order valence-corrected chi connectivity index (χ2v) is 5.74. The summed E-state index contributed by atoms with van der Waals surface area (Å²) in [7, 11) is 0. The predicted molar refractivity (Wildman–Crippen MR) is 80.1 cm³/mol. The number of rotatable bonds is 5. The van der Waals surface area contributed by atoms with Crippen LogP contribution in [-0.2, 0) is 0 Å². The molecule has 0 aliphatic carbocycles. The molecule has 0 aliphatic heterocycles. The third-order valence-corrected chi connectivity index (χ3v) is 3.35. The van der Waals surface area contributed by atoms with Crippen LogP contribution in [0.2, 0.25) is 0 Å². The molecule has 0 spiro atoms. The molecule has 4 N–H and O–H groups in total. The van der Waals surface area contributed by atoms with Gasteiger partial charge in [0.05, 0.1) is 0 Å². The van der Waals surface area contributed by atoms with Crippen molar-refractivity contribution in [3.63, 3.8) is 0 Å². The Hall–Kier alpha value is -1.55. The molecule has 1 atom stereocenters. The van der Waals surface area contributed by atoms with E-state index in [1.54, 1.807) is 0 Å². The fourth-order valence-electron chi connectivity index (χ4n) is 1.52. The van der Waals surface area contributed by atoms with Gasteiger partial charge in [-0.2, -0.15) is 0 Å². The van der Waals surface area contributed by atoms with Gasteiger partial charge in [0.25, 0.3) is 0 Å². The molecule has 0 aliphatic rings. The summed E-state index contributed by atoms with van der Waals surface area (Å²) in [5, 5.41) is 5.72. The molecule has 0 radical (unpaired) electrons. The molecule has 0 saturated heterocycles. The molecule has 0 bridgehead atoms. The molecule has 19 heavy (non-hydrogen) atoms. The van der Waals surface area contributed by atoms with Crippen LogP contribution >= 0.6 is 0 Å². The zero-order chi connectivity index (χ0) is 14.5. The summed E-state index contributed by atoms with van der Waals surface area (Å²) in [6.07, 6.45) is 1.02. The van der Waals surface area contributed by atoms with E-state index in [0.717, 1.165) is 17.7 Å². The zero-order valence-electron chi connectivity index (χ0n) is 12.3. The van der Waals surface area contributed by atoms with E-state index in [4.69, 9.17) is 5.73 Å². The quantitative estimate of drug-likeness (QED) is 0.763. The molecular weight excluding hydrogens is 238 g/mol. The molecular formula is C15H25N3O. The number of hydrogen-bond acceptors (Lipinski definition) is 2. The van der Waals surface area contributed by atoms with Crippen molar-refractivity contribution in [2.24, 2.45) is 11.1 Å². The summed E-state index contributed by atoms with van der Waals surface area (Å²) in [5.74, 6) is 0. The van der Waals surface area contributed by atoms with Crippen LogP contribution in [0.5, 0.6) is 0 Å². The molecule has 0 saturated carbocycles. The Morgan fingerprint density at radius 1 is 1.42 bits per heavy atom. The lowest BCUT2D eigenvalue weighted by atomic mass is 9.90. The fraction of sp³-hybridized carbons (Fsp3) is 0.533. The fourth-order valence-corrected chi connectivity index (χ4v) is 1.52. The minimum Gasteiger partial charge on any atom is -0.337 e. The van der Waals surface area contributed by atoms with Crippen molar-refractivity contribution in [2.75, 3.05) is 11.9 Å². The summed E-state index contributed by atoms with van der Waals surface area (Å²) in [5.41, 5.74) is 7.71. The maximum Gasteiger partial charge on any atom is 0.319 e. The van der Waals surface area contributed by atoms with Crippen molar-refractivity contribution in [2.45, 2.75) is 40.2 Å². The van der Waals surface area contributed by atoms with Gasteiger partial charge in [0.15, 0.2) is 0 Å². The predicted octanol–water partition coefficient (Wildman–Crippen LogP) is 3.26. The van der Waals surface area contributed by atoms with Gasteiger partial charge in [-0.1, -0.05) is 32.9 Å². The Labute approximate surface area is 115 Å². The molecule has 0 heterocycles. The van der Waals surface area contributed by atoms with E-state index in [1.807, 2.05) is 31.2 Å². The number of amides is 2. The van der Waals surface area contributed by atoms with Crippen molar-refractivity contribution < 1.29 is 4.79 Å². The highest BCUT2D eigenvalue weighted by molar-refractivity contribution is 5.89. The largest absolute Gasteiger partial charge is 0.337 e. The van der Waals surface area contributed by atoms with Crippen LogP contribution in [0, 0.1) is 5.41 Å². The maximum absolute atomic E-state index is 11.8. The van der Waals surface area contributed by atoms with Gasteiger partial charge in [-0.15, -0.1) is 0 Å². The summed E-state index contributed by atoms with van der Waals surface area (Å²) < 4.78 is 0. The highest BCUT2D eigenvalue weighted by Crippen LogP contribution is 2.18. The zero-order valence-corrected chi connectivity index (χ0v) is 12.3. The molecule has 1 unspecified atom stereocenters. The van der Waals surface area contributed by atoms with Crippen molar-refractivity contribution in [3.8, 4) is 0 Å². The van der Waals surface area contributed by atoms with Gasteiger partial charge < -0.3 is 16.4 Å². The van der Waals surface area contributed by atoms with Crippen molar-refractivity contribution in [1.29, 1.82) is 0 Å². The van der Waals surface area contributed by atoms with E-state index in [1.165, 1.54) is 0 Å². The average molecular weight is 263 g/mol. The Morgan fingerprint density at radius 2 is 2.11 bits per heavy atom. The van der Waals surface area contributed by atoms with Gasteiger partial charge in [-0.3, -0.25) is 0 Å². The number of anilines is 1. The molecule has 2 amide bonds.